The summed E-state index contributed by atoms with van der Waals surface area (Å²) in [6.07, 6.45) is 0. The fourth-order valence-corrected chi connectivity index (χ4v) is 2.19. The van der Waals surface area contributed by atoms with Gasteiger partial charge >= 0.3 is 0 Å². The maximum atomic E-state index is 13.3. The third kappa shape index (κ3) is 4.45. The van der Waals surface area contributed by atoms with Crippen LogP contribution in [0.2, 0.25) is 0 Å². The summed E-state index contributed by atoms with van der Waals surface area (Å²) in [7, 11) is 2.13. The zero-order chi connectivity index (χ0) is 13.7. The average molecular weight is 267 g/mol. The molecule has 2 N–H and O–H groups in total. The van der Waals surface area contributed by atoms with E-state index in [4.69, 9.17) is 10.5 Å². The molecule has 0 radical (unpaired) electrons. The van der Waals surface area contributed by atoms with E-state index in [-0.39, 0.29) is 5.82 Å². The van der Waals surface area contributed by atoms with E-state index in [9.17, 15) is 4.39 Å². The summed E-state index contributed by atoms with van der Waals surface area (Å²) in [6.45, 7) is 6.11. The van der Waals surface area contributed by atoms with Crippen LogP contribution in [-0.2, 0) is 6.54 Å². The van der Waals surface area contributed by atoms with Crippen molar-refractivity contribution in [3.63, 3.8) is 0 Å². The molecule has 0 amide bonds. The van der Waals surface area contributed by atoms with Crippen LogP contribution < -0.4 is 10.5 Å². The summed E-state index contributed by atoms with van der Waals surface area (Å²) >= 11 is 0. The second-order valence-electron chi connectivity index (χ2n) is 4.99. The maximum absolute atomic E-state index is 13.3. The maximum Gasteiger partial charge on any atom is 0.127 e. The van der Waals surface area contributed by atoms with E-state index < -0.39 is 0 Å². The summed E-state index contributed by atoms with van der Waals surface area (Å²) < 4.78 is 18.9. The van der Waals surface area contributed by atoms with Crippen LogP contribution in [0.1, 0.15) is 5.56 Å². The van der Waals surface area contributed by atoms with Gasteiger partial charge in [0, 0.05) is 45.3 Å². The molecule has 0 spiro atoms. The van der Waals surface area contributed by atoms with Gasteiger partial charge in [-0.25, -0.2) is 4.39 Å². The van der Waals surface area contributed by atoms with Crippen molar-refractivity contribution in [3.05, 3.63) is 29.6 Å². The molecular formula is C14H22FN3O. The van der Waals surface area contributed by atoms with Crippen molar-refractivity contribution in [2.75, 3.05) is 46.4 Å². The lowest BCUT2D eigenvalue weighted by atomic mass is 10.2. The van der Waals surface area contributed by atoms with Crippen molar-refractivity contribution in [2.45, 2.75) is 6.54 Å². The predicted molar refractivity (Wildman–Crippen MR) is 73.7 cm³/mol. The number of halogens is 1. The number of ether oxygens (including phenoxy) is 1. The van der Waals surface area contributed by atoms with E-state index >= 15 is 0 Å². The number of rotatable bonds is 5. The van der Waals surface area contributed by atoms with E-state index in [0.717, 1.165) is 38.3 Å². The molecule has 1 heterocycles. The number of likely N-dealkylation sites (N-methyl/N-ethyl adjacent to an activating group) is 1. The van der Waals surface area contributed by atoms with E-state index in [0.29, 0.717) is 18.9 Å². The minimum Gasteiger partial charge on any atom is -0.492 e. The highest BCUT2D eigenvalue weighted by atomic mass is 19.1. The fourth-order valence-electron chi connectivity index (χ4n) is 2.19. The van der Waals surface area contributed by atoms with Crippen molar-refractivity contribution >= 4 is 0 Å². The molecule has 1 saturated heterocycles. The second kappa shape index (κ2) is 6.84. The van der Waals surface area contributed by atoms with Crippen LogP contribution in [0, 0.1) is 5.82 Å². The van der Waals surface area contributed by atoms with Crippen LogP contribution in [0.25, 0.3) is 0 Å². The summed E-state index contributed by atoms with van der Waals surface area (Å²) in [4.78, 5) is 4.68. The first kappa shape index (κ1) is 14.2. The SMILES string of the molecule is CN1CCN(CCOc2cc(F)cc(CN)c2)CC1. The molecule has 1 aromatic rings. The zero-order valence-corrected chi connectivity index (χ0v) is 11.4. The number of piperazine rings is 1. The summed E-state index contributed by atoms with van der Waals surface area (Å²) in [5, 5.41) is 0. The monoisotopic (exact) mass is 267 g/mol. The molecule has 5 heteroatoms. The van der Waals surface area contributed by atoms with Gasteiger partial charge in [0.15, 0.2) is 0 Å². The molecule has 4 nitrogen and oxygen atoms in total. The van der Waals surface area contributed by atoms with Gasteiger partial charge in [0.2, 0.25) is 0 Å². The van der Waals surface area contributed by atoms with Gasteiger partial charge in [-0.1, -0.05) is 0 Å². The Kier molecular flexibility index (Phi) is 5.13. The molecule has 1 aliphatic rings. The Balaban J connectivity index is 1.77. The first-order chi connectivity index (χ1) is 9.17. The molecule has 1 aromatic carbocycles. The first-order valence-corrected chi connectivity index (χ1v) is 6.70. The van der Waals surface area contributed by atoms with Crippen LogP contribution in [0.4, 0.5) is 4.39 Å². The van der Waals surface area contributed by atoms with E-state index in [1.165, 1.54) is 12.1 Å². The molecule has 1 aliphatic heterocycles. The average Bonchev–Trinajstić information content (AvgIpc) is 2.40. The van der Waals surface area contributed by atoms with Gasteiger partial charge in [0.05, 0.1) is 0 Å². The fraction of sp³-hybridized carbons (Fsp3) is 0.571. The normalized spacial score (nSPS) is 17.6. The molecule has 0 atom stereocenters. The molecule has 0 aliphatic carbocycles. The quantitative estimate of drug-likeness (QED) is 0.861. The molecule has 1 fully saturated rings. The minimum absolute atomic E-state index is 0.294. The predicted octanol–water partition coefficient (Wildman–Crippen LogP) is 0.911. The van der Waals surface area contributed by atoms with Crippen molar-refractivity contribution < 1.29 is 9.13 Å². The van der Waals surface area contributed by atoms with Gasteiger partial charge in [0.25, 0.3) is 0 Å². The summed E-state index contributed by atoms with van der Waals surface area (Å²) in [6, 6.07) is 4.64. The highest BCUT2D eigenvalue weighted by Gasteiger charge is 2.13. The largest absolute Gasteiger partial charge is 0.492 e. The molecule has 0 saturated carbocycles. The number of benzene rings is 1. The number of nitrogens with two attached hydrogens (primary N) is 1. The molecule has 0 aromatic heterocycles. The Bertz CT molecular complexity index is 406. The van der Waals surface area contributed by atoms with Crippen LogP contribution in [0.3, 0.4) is 0 Å². The Morgan fingerprint density at radius 2 is 1.95 bits per heavy atom. The van der Waals surface area contributed by atoms with Crippen LogP contribution in [0.5, 0.6) is 5.75 Å². The Labute approximate surface area is 113 Å². The van der Waals surface area contributed by atoms with Gasteiger partial charge in [-0.15, -0.1) is 0 Å². The topological polar surface area (TPSA) is 41.7 Å². The van der Waals surface area contributed by atoms with Crippen LogP contribution in [0.15, 0.2) is 18.2 Å². The standard InChI is InChI=1S/C14H22FN3O/c1-17-2-4-18(5-3-17)6-7-19-14-9-12(11-16)8-13(15)10-14/h8-10H,2-7,11,16H2,1H3. The number of nitrogens with zero attached hydrogens (tertiary/aromatic N) is 2. The minimum atomic E-state index is -0.294. The molecule has 0 bridgehead atoms. The third-order valence-corrected chi connectivity index (χ3v) is 3.44. The molecule has 0 unspecified atom stereocenters. The lowest BCUT2D eigenvalue weighted by Gasteiger charge is -2.32. The van der Waals surface area contributed by atoms with Crippen LogP contribution in [-0.4, -0.2) is 56.2 Å². The number of hydrogen-bond acceptors (Lipinski definition) is 4. The third-order valence-electron chi connectivity index (χ3n) is 3.44. The highest BCUT2D eigenvalue weighted by molar-refractivity contribution is 5.29. The van der Waals surface area contributed by atoms with Gasteiger partial charge in [0.1, 0.15) is 18.2 Å². The van der Waals surface area contributed by atoms with Crippen molar-refractivity contribution in [3.8, 4) is 5.75 Å². The summed E-state index contributed by atoms with van der Waals surface area (Å²) in [5.74, 6) is 0.270. The Morgan fingerprint density at radius 3 is 2.63 bits per heavy atom. The van der Waals surface area contributed by atoms with Crippen molar-refractivity contribution in [1.82, 2.24) is 9.80 Å². The first-order valence-electron chi connectivity index (χ1n) is 6.70. The van der Waals surface area contributed by atoms with Gasteiger partial charge in [-0.05, 0) is 24.7 Å². The van der Waals surface area contributed by atoms with Crippen molar-refractivity contribution in [2.24, 2.45) is 5.73 Å². The van der Waals surface area contributed by atoms with E-state index in [2.05, 4.69) is 16.8 Å². The Hall–Kier alpha value is -1.17. The molecular weight excluding hydrogens is 245 g/mol. The number of hydrogen-bond donors (Lipinski definition) is 1. The lowest BCUT2D eigenvalue weighted by molar-refractivity contribution is 0.133. The van der Waals surface area contributed by atoms with Gasteiger partial charge < -0.3 is 15.4 Å². The van der Waals surface area contributed by atoms with Gasteiger partial charge in [-0.3, -0.25) is 4.90 Å². The lowest BCUT2D eigenvalue weighted by Crippen LogP contribution is -2.45. The van der Waals surface area contributed by atoms with E-state index in [1.54, 1.807) is 6.07 Å². The second-order valence-corrected chi connectivity index (χ2v) is 4.99. The Morgan fingerprint density at radius 1 is 1.21 bits per heavy atom. The summed E-state index contributed by atoms with van der Waals surface area (Å²) in [5.41, 5.74) is 6.27. The molecule has 106 valence electrons. The van der Waals surface area contributed by atoms with Gasteiger partial charge in [-0.2, -0.15) is 0 Å². The van der Waals surface area contributed by atoms with E-state index in [1.807, 2.05) is 0 Å². The molecule has 2 rings (SSSR count). The highest BCUT2D eigenvalue weighted by Crippen LogP contribution is 2.16. The zero-order valence-electron chi connectivity index (χ0n) is 11.4. The van der Waals surface area contributed by atoms with Crippen molar-refractivity contribution in [1.29, 1.82) is 0 Å². The van der Waals surface area contributed by atoms with Crippen LogP contribution >= 0.6 is 0 Å². The molecule has 19 heavy (non-hydrogen) atoms. The smallest absolute Gasteiger partial charge is 0.127 e.